The maximum Gasteiger partial charge on any atom is 0.120 e. The van der Waals surface area contributed by atoms with Gasteiger partial charge in [0.2, 0.25) is 0 Å². The van der Waals surface area contributed by atoms with Crippen molar-refractivity contribution in [3.63, 3.8) is 0 Å². The summed E-state index contributed by atoms with van der Waals surface area (Å²) in [6.07, 6.45) is 2.26. The highest BCUT2D eigenvalue weighted by molar-refractivity contribution is 5.31. The molecule has 2 N–H and O–H groups in total. The molecule has 0 radical (unpaired) electrons. The Morgan fingerprint density at radius 3 is 2.94 bits per heavy atom. The third-order valence-corrected chi connectivity index (χ3v) is 3.11. The van der Waals surface area contributed by atoms with Gasteiger partial charge in [-0.3, -0.25) is 0 Å². The third kappa shape index (κ3) is 2.74. The molecule has 0 saturated carbocycles. The summed E-state index contributed by atoms with van der Waals surface area (Å²) in [5, 5.41) is 12.9. The first-order valence-electron chi connectivity index (χ1n) is 5.81. The Morgan fingerprint density at radius 1 is 1.44 bits per heavy atom. The summed E-state index contributed by atoms with van der Waals surface area (Å²) in [5.74, 6) is 0.354. The summed E-state index contributed by atoms with van der Waals surface area (Å²) in [5.41, 5.74) is 0.911. The Balaban J connectivity index is 1.82. The fraction of sp³-hybridized carbons (Fsp3) is 0.538. The monoisotopic (exact) mass is 221 g/mol. The number of ether oxygens (including phenoxy) is 1. The van der Waals surface area contributed by atoms with Gasteiger partial charge in [-0.25, -0.2) is 0 Å². The van der Waals surface area contributed by atoms with Crippen molar-refractivity contribution in [1.82, 2.24) is 5.32 Å². The van der Waals surface area contributed by atoms with E-state index >= 15 is 0 Å². The summed E-state index contributed by atoms with van der Waals surface area (Å²) in [4.78, 5) is 0. The molecule has 0 bridgehead atoms. The normalized spacial score (nSPS) is 24.8. The average Bonchev–Trinajstić information content (AvgIpc) is 2.68. The summed E-state index contributed by atoms with van der Waals surface area (Å²) >= 11 is 0. The van der Waals surface area contributed by atoms with Crippen molar-refractivity contribution in [3.05, 3.63) is 29.8 Å². The molecular weight excluding hydrogens is 202 g/mol. The number of phenols is 1. The van der Waals surface area contributed by atoms with Crippen LogP contribution in [0.4, 0.5) is 0 Å². The number of benzene rings is 1. The van der Waals surface area contributed by atoms with Crippen LogP contribution in [-0.4, -0.2) is 23.9 Å². The number of rotatable bonds is 4. The van der Waals surface area contributed by atoms with E-state index in [4.69, 9.17) is 4.74 Å². The standard InChI is InChI=1S/C13H19NO2/c1-13(7-4-8-16-13)10-14-9-11-5-2-3-6-12(11)15/h2-3,5-6,14-15H,4,7-10H2,1H3. The molecule has 1 aromatic rings. The summed E-state index contributed by atoms with van der Waals surface area (Å²) in [6.45, 7) is 4.53. The molecule has 0 amide bonds. The van der Waals surface area contributed by atoms with Gasteiger partial charge in [0.25, 0.3) is 0 Å². The molecule has 1 heterocycles. The first-order chi connectivity index (χ1) is 7.70. The fourth-order valence-corrected chi connectivity index (χ4v) is 2.10. The lowest BCUT2D eigenvalue weighted by Gasteiger charge is -2.23. The summed E-state index contributed by atoms with van der Waals surface area (Å²) in [6, 6.07) is 7.41. The maximum atomic E-state index is 9.60. The molecule has 1 fully saturated rings. The Hall–Kier alpha value is -1.06. The van der Waals surface area contributed by atoms with E-state index in [9.17, 15) is 5.11 Å². The Bertz CT molecular complexity index is 346. The highest BCUT2D eigenvalue weighted by Gasteiger charge is 2.28. The van der Waals surface area contributed by atoms with Crippen molar-refractivity contribution in [3.8, 4) is 5.75 Å². The SMILES string of the molecule is CC1(CNCc2ccccc2O)CCCO1. The third-order valence-electron chi connectivity index (χ3n) is 3.11. The molecule has 0 aliphatic carbocycles. The van der Waals surface area contributed by atoms with Crippen molar-refractivity contribution < 1.29 is 9.84 Å². The first-order valence-corrected chi connectivity index (χ1v) is 5.81. The van der Waals surface area contributed by atoms with Gasteiger partial charge in [-0.15, -0.1) is 0 Å². The Labute approximate surface area is 96.4 Å². The zero-order chi connectivity index (χ0) is 11.4. The average molecular weight is 221 g/mol. The van der Waals surface area contributed by atoms with Crippen LogP contribution in [0.25, 0.3) is 0 Å². The van der Waals surface area contributed by atoms with E-state index in [0.29, 0.717) is 12.3 Å². The maximum absolute atomic E-state index is 9.60. The molecule has 1 unspecified atom stereocenters. The lowest BCUT2D eigenvalue weighted by molar-refractivity contribution is 0.0206. The van der Waals surface area contributed by atoms with Crippen molar-refractivity contribution in [1.29, 1.82) is 0 Å². The quantitative estimate of drug-likeness (QED) is 0.817. The number of hydrogen-bond acceptors (Lipinski definition) is 3. The van der Waals surface area contributed by atoms with Crippen LogP contribution >= 0.6 is 0 Å². The van der Waals surface area contributed by atoms with Gasteiger partial charge in [0.05, 0.1) is 5.60 Å². The number of phenolic OH excluding ortho intramolecular Hbond substituents is 1. The van der Waals surface area contributed by atoms with Gasteiger partial charge in [-0.1, -0.05) is 18.2 Å². The molecule has 3 heteroatoms. The lowest BCUT2D eigenvalue weighted by Crippen LogP contribution is -2.36. The predicted octanol–water partition coefficient (Wildman–Crippen LogP) is 2.05. The smallest absolute Gasteiger partial charge is 0.120 e. The van der Waals surface area contributed by atoms with E-state index < -0.39 is 0 Å². The number of aromatic hydroxyl groups is 1. The van der Waals surface area contributed by atoms with Crippen LogP contribution in [0, 0.1) is 0 Å². The molecular formula is C13H19NO2. The minimum absolute atomic E-state index is 0.0234. The molecule has 0 spiro atoms. The molecule has 2 rings (SSSR count). The van der Waals surface area contributed by atoms with Crippen molar-refractivity contribution in [2.45, 2.75) is 31.9 Å². The second kappa shape index (κ2) is 4.85. The second-order valence-corrected chi connectivity index (χ2v) is 4.63. The molecule has 1 aromatic carbocycles. The Morgan fingerprint density at radius 2 is 2.25 bits per heavy atom. The van der Waals surface area contributed by atoms with Gasteiger partial charge < -0.3 is 15.2 Å². The van der Waals surface area contributed by atoms with Crippen LogP contribution in [-0.2, 0) is 11.3 Å². The highest BCUT2D eigenvalue weighted by atomic mass is 16.5. The van der Waals surface area contributed by atoms with E-state index in [2.05, 4.69) is 12.2 Å². The van der Waals surface area contributed by atoms with Gasteiger partial charge in [0.15, 0.2) is 0 Å². The van der Waals surface area contributed by atoms with Crippen molar-refractivity contribution >= 4 is 0 Å². The summed E-state index contributed by atoms with van der Waals surface area (Å²) in [7, 11) is 0. The predicted molar refractivity (Wildman–Crippen MR) is 63.4 cm³/mol. The number of hydrogen-bond donors (Lipinski definition) is 2. The van der Waals surface area contributed by atoms with Crippen molar-refractivity contribution in [2.75, 3.05) is 13.2 Å². The van der Waals surface area contributed by atoms with Gasteiger partial charge in [0.1, 0.15) is 5.75 Å². The number of nitrogens with one attached hydrogen (secondary N) is 1. The fourth-order valence-electron chi connectivity index (χ4n) is 2.10. The largest absolute Gasteiger partial charge is 0.508 e. The molecule has 16 heavy (non-hydrogen) atoms. The van der Waals surface area contributed by atoms with Crippen molar-refractivity contribution in [2.24, 2.45) is 0 Å². The van der Waals surface area contributed by atoms with Crippen LogP contribution in [0.3, 0.4) is 0 Å². The van der Waals surface area contributed by atoms with E-state index in [1.165, 1.54) is 0 Å². The molecule has 0 aromatic heterocycles. The number of para-hydroxylation sites is 1. The summed E-state index contributed by atoms with van der Waals surface area (Å²) < 4.78 is 5.68. The molecule has 3 nitrogen and oxygen atoms in total. The molecule has 1 atom stereocenters. The van der Waals surface area contributed by atoms with E-state index in [1.54, 1.807) is 6.07 Å². The minimum Gasteiger partial charge on any atom is -0.508 e. The van der Waals surface area contributed by atoms with Crippen LogP contribution in [0.1, 0.15) is 25.3 Å². The zero-order valence-electron chi connectivity index (χ0n) is 9.70. The van der Waals surface area contributed by atoms with Gasteiger partial charge >= 0.3 is 0 Å². The topological polar surface area (TPSA) is 41.5 Å². The van der Waals surface area contributed by atoms with Gasteiger partial charge in [-0.05, 0) is 25.8 Å². The van der Waals surface area contributed by atoms with E-state index in [1.807, 2.05) is 18.2 Å². The first kappa shape index (κ1) is 11.4. The molecule has 1 aliphatic rings. The molecule has 1 saturated heterocycles. The zero-order valence-corrected chi connectivity index (χ0v) is 9.70. The highest BCUT2D eigenvalue weighted by Crippen LogP contribution is 2.24. The van der Waals surface area contributed by atoms with Crippen LogP contribution in [0.2, 0.25) is 0 Å². The molecule has 88 valence electrons. The van der Waals surface area contributed by atoms with E-state index in [0.717, 1.165) is 31.6 Å². The lowest BCUT2D eigenvalue weighted by atomic mass is 10.0. The van der Waals surface area contributed by atoms with Gasteiger partial charge in [-0.2, -0.15) is 0 Å². The van der Waals surface area contributed by atoms with Crippen LogP contribution in [0.5, 0.6) is 5.75 Å². The van der Waals surface area contributed by atoms with Crippen LogP contribution < -0.4 is 5.32 Å². The second-order valence-electron chi connectivity index (χ2n) is 4.63. The van der Waals surface area contributed by atoms with Gasteiger partial charge in [0, 0.05) is 25.3 Å². The Kier molecular flexibility index (Phi) is 3.46. The van der Waals surface area contributed by atoms with E-state index in [-0.39, 0.29) is 5.60 Å². The molecule has 1 aliphatic heterocycles. The minimum atomic E-state index is -0.0234. The van der Waals surface area contributed by atoms with Crippen LogP contribution in [0.15, 0.2) is 24.3 Å².